The van der Waals surface area contributed by atoms with Gasteiger partial charge in [0.05, 0.1) is 5.56 Å². The number of hydrogen-bond donors (Lipinski definition) is 1. The summed E-state index contributed by atoms with van der Waals surface area (Å²) in [6.07, 6.45) is 1.70. The third-order valence-electron chi connectivity index (χ3n) is 2.77. The number of carbonyl (C=O) groups excluding carboxylic acids is 2. The van der Waals surface area contributed by atoms with Gasteiger partial charge in [-0.2, -0.15) is 0 Å². The number of carbonyl (C=O) groups is 2. The number of primary amides is 1. The summed E-state index contributed by atoms with van der Waals surface area (Å²) < 4.78 is 1.96. The first kappa shape index (κ1) is 11.4. The number of amides is 1. The largest absolute Gasteiger partial charge is 0.363 e. The van der Waals surface area contributed by atoms with E-state index in [4.69, 9.17) is 5.73 Å². The van der Waals surface area contributed by atoms with E-state index in [-0.39, 0.29) is 6.04 Å². The Morgan fingerprint density at radius 1 is 1.24 bits per heavy atom. The van der Waals surface area contributed by atoms with Gasteiger partial charge in [-0.3, -0.25) is 9.59 Å². The van der Waals surface area contributed by atoms with Crippen molar-refractivity contribution in [2.24, 2.45) is 5.73 Å². The zero-order valence-electron chi connectivity index (χ0n) is 9.81. The number of aromatic nitrogens is 1. The second-order valence-electron chi connectivity index (χ2n) is 4.25. The summed E-state index contributed by atoms with van der Waals surface area (Å²) in [5.74, 6) is -1.56. The van der Waals surface area contributed by atoms with Crippen molar-refractivity contribution in [1.82, 2.24) is 4.57 Å². The Balaban J connectivity index is 2.73. The molecule has 1 amide bonds. The zero-order valence-corrected chi connectivity index (χ0v) is 9.81. The minimum Gasteiger partial charge on any atom is -0.363 e. The minimum absolute atomic E-state index is 0.217. The number of nitrogens with two attached hydrogens (primary N) is 1. The van der Waals surface area contributed by atoms with Crippen LogP contribution in [0.2, 0.25) is 0 Å². The molecule has 1 heterocycles. The lowest BCUT2D eigenvalue weighted by atomic mass is 10.1. The van der Waals surface area contributed by atoms with Crippen LogP contribution < -0.4 is 5.73 Å². The van der Waals surface area contributed by atoms with E-state index in [0.29, 0.717) is 5.56 Å². The van der Waals surface area contributed by atoms with Crippen LogP contribution >= 0.6 is 0 Å². The summed E-state index contributed by atoms with van der Waals surface area (Å²) in [5, 5.41) is 0.769. The van der Waals surface area contributed by atoms with E-state index in [1.54, 1.807) is 6.20 Å². The van der Waals surface area contributed by atoms with Gasteiger partial charge in [-0.25, -0.2) is 0 Å². The average molecular weight is 230 g/mol. The summed E-state index contributed by atoms with van der Waals surface area (Å²) in [6.45, 7) is 4.04. The Morgan fingerprint density at radius 3 is 2.47 bits per heavy atom. The van der Waals surface area contributed by atoms with Gasteiger partial charge in [-0.15, -0.1) is 0 Å². The van der Waals surface area contributed by atoms with Crippen molar-refractivity contribution < 1.29 is 9.59 Å². The monoisotopic (exact) mass is 230 g/mol. The van der Waals surface area contributed by atoms with Gasteiger partial charge >= 0.3 is 0 Å². The number of rotatable bonds is 3. The highest BCUT2D eigenvalue weighted by Gasteiger charge is 2.19. The van der Waals surface area contributed by atoms with E-state index in [0.717, 1.165) is 10.9 Å². The lowest BCUT2D eigenvalue weighted by Gasteiger charge is -2.08. The maximum Gasteiger partial charge on any atom is 0.289 e. The molecule has 0 unspecified atom stereocenters. The molecular weight excluding hydrogens is 216 g/mol. The van der Waals surface area contributed by atoms with Crippen LogP contribution in [0.15, 0.2) is 30.5 Å². The van der Waals surface area contributed by atoms with Gasteiger partial charge in [0, 0.05) is 23.1 Å². The zero-order chi connectivity index (χ0) is 12.6. The van der Waals surface area contributed by atoms with E-state index < -0.39 is 11.7 Å². The van der Waals surface area contributed by atoms with Gasteiger partial charge in [-0.1, -0.05) is 18.2 Å². The molecule has 0 aliphatic heterocycles. The quantitative estimate of drug-likeness (QED) is 0.646. The molecule has 0 saturated carbocycles. The smallest absolute Gasteiger partial charge is 0.289 e. The molecule has 88 valence electrons. The minimum atomic E-state index is -0.920. The summed E-state index contributed by atoms with van der Waals surface area (Å²) in [6, 6.07) is 7.71. The highest BCUT2D eigenvalue weighted by Crippen LogP contribution is 2.24. The molecule has 0 aliphatic carbocycles. The molecule has 0 spiro atoms. The predicted octanol–water partition coefficient (Wildman–Crippen LogP) is 1.89. The molecule has 0 radical (unpaired) electrons. The van der Waals surface area contributed by atoms with E-state index >= 15 is 0 Å². The fraction of sp³-hybridized carbons (Fsp3) is 0.231. The number of nitrogens with zero attached hydrogens (tertiary/aromatic N) is 1. The fourth-order valence-electron chi connectivity index (χ4n) is 1.95. The SMILES string of the molecule is CC(C)n1cc(C(=O)C(N)=O)c2ccccc21. The second kappa shape index (κ2) is 4.05. The van der Waals surface area contributed by atoms with Crippen molar-refractivity contribution in [1.29, 1.82) is 0 Å². The molecule has 1 aromatic carbocycles. The Morgan fingerprint density at radius 2 is 1.88 bits per heavy atom. The number of hydrogen-bond acceptors (Lipinski definition) is 2. The first-order valence-electron chi connectivity index (χ1n) is 5.46. The lowest BCUT2D eigenvalue weighted by molar-refractivity contribution is -0.114. The lowest BCUT2D eigenvalue weighted by Crippen LogP contribution is -2.22. The molecule has 0 atom stereocenters. The van der Waals surface area contributed by atoms with Gasteiger partial charge in [-0.05, 0) is 19.9 Å². The highest BCUT2D eigenvalue weighted by atomic mass is 16.2. The highest BCUT2D eigenvalue weighted by molar-refractivity contribution is 6.44. The molecule has 4 nitrogen and oxygen atoms in total. The number of para-hydroxylation sites is 1. The van der Waals surface area contributed by atoms with E-state index in [2.05, 4.69) is 0 Å². The Labute approximate surface area is 99.0 Å². The van der Waals surface area contributed by atoms with Crippen LogP contribution in [0.3, 0.4) is 0 Å². The Kier molecular flexibility index (Phi) is 2.71. The van der Waals surface area contributed by atoms with Crippen LogP contribution in [0.1, 0.15) is 30.2 Å². The van der Waals surface area contributed by atoms with Crippen LogP contribution in [0.25, 0.3) is 10.9 Å². The first-order valence-corrected chi connectivity index (χ1v) is 5.46. The van der Waals surface area contributed by atoms with Gasteiger partial charge in [0.25, 0.3) is 11.7 Å². The van der Waals surface area contributed by atoms with Crippen molar-refractivity contribution in [2.45, 2.75) is 19.9 Å². The molecular formula is C13H14N2O2. The van der Waals surface area contributed by atoms with Crippen LogP contribution in [0, 0.1) is 0 Å². The molecule has 0 saturated heterocycles. The predicted molar refractivity (Wildman–Crippen MR) is 65.8 cm³/mol. The summed E-state index contributed by atoms with van der Waals surface area (Å²) in [4.78, 5) is 22.7. The molecule has 0 bridgehead atoms. The van der Waals surface area contributed by atoms with Crippen LogP contribution in [0.4, 0.5) is 0 Å². The van der Waals surface area contributed by atoms with Crippen LogP contribution in [-0.4, -0.2) is 16.3 Å². The molecule has 4 heteroatoms. The molecule has 2 N–H and O–H groups in total. The van der Waals surface area contributed by atoms with Gasteiger partial charge in [0.2, 0.25) is 0 Å². The Bertz CT molecular complexity index is 596. The molecule has 0 fully saturated rings. The van der Waals surface area contributed by atoms with Gasteiger partial charge in [0.1, 0.15) is 0 Å². The average Bonchev–Trinajstić information content (AvgIpc) is 2.67. The van der Waals surface area contributed by atoms with Crippen molar-refractivity contribution in [3.63, 3.8) is 0 Å². The number of benzene rings is 1. The number of fused-ring (bicyclic) bond motifs is 1. The number of Topliss-reactive ketones (excluding diaryl/α,β-unsaturated/α-hetero) is 1. The van der Waals surface area contributed by atoms with E-state index in [9.17, 15) is 9.59 Å². The molecule has 2 rings (SSSR count). The normalized spacial score (nSPS) is 11.0. The van der Waals surface area contributed by atoms with Crippen LogP contribution in [-0.2, 0) is 4.79 Å². The fourth-order valence-corrected chi connectivity index (χ4v) is 1.95. The maximum atomic E-state index is 11.7. The van der Waals surface area contributed by atoms with Gasteiger partial charge in [0.15, 0.2) is 0 Å². The second-order valence-corrected chi connectivity index (χ2v) is 4.25. The Hall–Kier alpha value is -2.10. The number of ketones is 1. The van der Waals surface area contributed by atoms with Crippen molar-refractivity contribution in [3.8, 4) is 0 Å². The molecule has 0 aliphatic rings. The molecule has 1 aromatic heterocycles. The van der Waals surface area contributed by atoms with Crippen LogP contribution in [0.5, 0.6) is 0 Å². The first-order chi connectivity index (χ1) is 8.02. The van der Waals surface area contributed by atoms with Crippen molar-refractivity contribution >= 4 is 22.6 Å². The topological polar surface area (TPSA) is 65.1 Å². The summed E-state index contributed by atoms with van der Waals surface area (Å²) in [7, 11) is 0. The third kappa shape index (κ3) is 1.82. The van der Waals surface area contributed by atoms with Crippen molar-refractivity contribution in [3.05, 3.63) is 36.0 Å². The summed E-state index contributed by atoms with van der Waals surface area (Å²) >= 11 is 0. The van der Waals surface area contributed by atoms with Crippen molar-refractivity contribution in [2.75, 3.05) is 0 Å². The molecule has 17 heavy (non-hydrogen) atoms. The molecule has 2 aromatic rings. The van der Waals surface area contributed by atoms with E-state index in [1.165, 1.54) is 0 Å². The van der Waals surface area contributed by atoms with E-state index in [1.807, 2.05) is 42.7 Å². The standard InChI is InChI=1S/C13H14N2O2/c1-8(2)15-7-10(12(16)13(14)17)9-5-3-4-6-11(9)15/h3-8H,1-2H3,(H2,14,17). The third-order valence-corrected chi connectivity index (χ3v) is 2.77. The van der Waals surface area contributed by atoms with Gasteiger partial charge < -0.3 is 10.3 Å². The maximum absolute atomic E-state index is 11.7. The summed E-state index contributed by atoms with van der Waals surface area (Å²) in [5.41, 5.74) is 6.36.